The number of anilines is 2. The zero-order chi connectivity index (χ0) is 21.8. The molecule has 2 N–H and O–H groups in total. The number of carbonyl (C=O) groups excluding carboxylic acids is 2. The number of piperazine rings is 1. The van der Waals surface area contributed by atoms with Gasteiger partial charge in [0.15, 0.2) is 5.11 Å². The Balaban J connectivity index is 1.31. The largest absolute Gasteiger partial charge is 0.368 e. The van der Waals surface area contributed by atoms with Crippen LogP contribution in [0.1, 0.15) is 23.7 Å². The third kappa shape index (κ3) is 4.97. The lowest BCUT2D eigenvalue weighted by molar-refractivity contribution is -0.131. The minimum Gasteiger partial charge on any atom is -0.368 e. The van der Waals surface area contributed by atoms with E-state index in [0.717, 1.165) is 54.8 Å². The summed E-state index contributed by atoms with van der Waals surface area (Å²) in [5.74, 6) is -0.0959. The first kappa shape index (κ1) is 21.1. The van der Waals surface area contributed by atoms with Crippen LogP contribution in [-0.4, -0.2) is 56.8 Å². The fourth-order valence-corrected chi connectivity index (χ4v) is 4.18. The number of hydrogen-bond acceptors (Lipinski definition) is 7. The predicted molar refractivity (Wildman–Crippen MR) is 127 cm³/mol. The lowest BCUT2D eigenvalue weighted by Crippen LogP contribution is -2.48. The Morgan fingerprint density at radius 2 is 1.74 bits per heavy atom. The van der Waals surface area contributed by atoms with Crippen molar-refractivity contribution in [2.45, 2.75) is 13.3 Å². The maximum absolute atomic E-state index is 12.4. The van der Waals surface area contributed by atoms with Gasteiger partial charge in [0, 0.05) is 49.5 Å². The van der Waals surface area contributed by atoms with Crippen molar-refractivity contribution < 1.29 is 9.59 Å². The summed E-state index contributed by atoms with van der Waals surface area (Å²) in [5.41, 5.74) is 3.80. The summed E-state index contributed by atoms with van der Waals surface area (Å²) in [6.07, 6.45) is 0.549. The van der Waals surface area contributed by atoms with E-state index < -0.39 is 0 Å². The van der Waals surface area contributed by atoms with Gasteiger partial charge in [-0.1, -0.05) is 6.92 Å². The van der Waals surface area contributed by atoms with Crippen LogP contribution in [0.2, 0.25) is 0 Å². The van der Waals surface area contributed by atoms with E-state index in [9.17, 15) is 9.59 Å². The molecule has 160 valence electrons. The second-order valence-corrected chi connectivity index (χ2v) is 8.08. The molecule has 0 unspecified atom stereocenters. The number of benzene rings is 2. The average Bonchev–Trinajstić information content (AvgIpc) is 3.27. The van der Waals surface area contributed by atoms with Gasteiger partial charge in [-0.3, -0.25) is 14.9 Å². The molecule has 2 heterocycles. The Morgan fingerprint density at radius 3 is 2.45 bits per heavy atom. The standard InChI is InChI=1S/C21H22N6O2S2/c1-2-19(28)27-11-9-26(10-12-27)16-6-4-15(5-7-16)22-21(30)23-20(29)14-3-8-17-18(13-14)25-31-24-17/h3-8,13H,2,9-12H2,1H3,(H2,22,23,29,30). The van der Waals surface area contributed by atoms with Crippen LogP contribution in [0.3, 0.4) is 0 Å². The van der Waals surface area contributed by atoms with Gasteiger partial charge >= 0.3 is 0 Å². The van der Waals surface area contributed by atoms with Crippen molar-refractivity contribution in [2.24, 2.45) is 0 Å². The summed E-state index contributed by atoms with van der Waals surface area (Å²) in [4.78, 5) is 28.4. The molecule has 8 nitrogen and oxygen atoms in total. The highest BCUT2D eigenvalue weighted by molar-refractivity contribution is 7.80. The van der Waals surface area contributed by atoms with E-state index in [1.165, 1.54) is 0 Å². The summed E-state index contributed by atoms with van der Waals surface area (Å²) in [7, 11) is 0. The molecule has 4 rings (SSSR count). The number of fused-ring (bicyclic) bond motifs is 1. The molecular formula is C21H22N6O2S2. The number of hydrogen-bond donors (Lipinski definition) is 2. The van der Waals surface area contributed by atoms with E-state index >= 15 is 0 Å². The third-order valence-electron chi connectivity index (χ3n) is 5.17. The number of amides is 2. The van der Waals surface area contributed by atoms with Crippen LogP contribution in [0.25, 0.3) is 11.0 Å². The first-order valence-electron chi connectivity index (χ1n) is 10.0. The van der Waals surface area contributed by atoms with Crippen molar-refractivity contribution in [2.75, 3.05) is 36.4 Å². The van der Waals surface area contributed by atoms with E-state index in [-0.39, 0.29) is 16.9 Å². The van der Waals surface area contributed by atoms with Gasteiger partial charge in [0.25, 0.3) is 5.91 Å². The molecule has 2 amide bonds. The van der Waals surface area contributed by atoms with Crippen LogP contribution in [0.4, 0.5) is 11.4 Å². The average molecular weight is 455 g/mol. The van der Waals surface area contributed by atoms with Crippen LogP contribution in [0.15, 0.2) is 42.5 Å². The Labute approximate surface area is 189 Å². The van der Waals surface area contributed by atoms with Gasteiger partial charge in [0.2, 0.25) is 5.91 Å². The molecular weight excluding hydrogens is 432 g/mol. The minimum atomic E-state index is -0.302. The van der Waals surface area contributed by atoms with Gasteiger partial charge in [0.05, 0.1) is 11.7 Å². The van der Waals surface area contributed by atoms with Crippen LogP contribution >= 0.6 is 23.9 Å². The molecule has 1 saturated heterocycles. The van der Waals surface area contributed by atoms with E-state index in [2.05, 4.69) is 24.3 Å². The Hall–Kier alpha value is -3.11. The van der Waals surface area contributed by atoms with E-state index in [0.29, 0.717) is 17.5 Å². The third-order valence-corrected chi connectivity index (χ3v) is 5.93. The fraction of sp³-hybridized carbons (Fsp3) is 0.286. The quantitative estimate of drug-likeness (QED) is 0.586. The number of nitrogens with zero attached hydrogens (tertiary/aromatic N) is 4. The van der Waals surface area contributed by atoms with Crippen LogP contribution in [0.5, 0.6) is 0 Å². The first-order chi connectivity index (χ1) is 15.0. The van der Waals surface area contributed by atoms with Gasteiger partial charge in [0.1, 0.15) is 11.0 Å². The Kier molecular flexibility index (Phi) is 6.38. The first-order valence-corrected chi connectivity index (χ1v) is 11.1. The lowest BCUT2D eigenvalue weighted by Gasteiger charge is -2.36. The summed E-state index contributed by atoms with van der Waals surface area (Å²) >= 11 is 6.39. The minimum absolute atomic E-state index is 0.206. The number of rotatable bonds is 4. The lowest BCUT2D eigenvalue weighted by atomic mass is 10.2. The molecule has 0 aliphatic carbocycles. The molecule has 1 aliphatic heterocycles. The summed E-state index contributed by atoms with van der Waals surface area (Å²) < 4.78 is 8.28. The Morgan fingerprint density at radius 1 is 1.03 bits per heavy atom. The summed E-state index contributed by atoms with van der Waals surface area (Å²) in [6.45, 7) is 5.00. The molecule has 0 saturated carbocycles. The van der Waals surface area contributed by atoms with Crippen LogP contribution in [-0.2, 0) is 4.79 Å². The molecule has 3 aromatic rings. The molecule has 10 heteroatoms. The molecule has 0 atom stereocenters. The molecule has 0 bridgehead atoms. The number of aromatic nitrogens is 2. The molecule has 1 aromatic heterocycles. The predicted octanol–water partition coefficient (Wildman–Crippen LogP) is 2.88. The molecule has 0 spiro atoms. The maximum Gasteiger partial charge on any atom is 0.257 e. The smallest absolute Gasteiger partial charge is 0.257 e. The normalized spacial score (nSPS) is 13.8. The van der Waals surface area contributed by atoms with Gasteiger partial charge in [-0.2, -0.15) is 8.75 Å². The maximum atomic E-state index is 12.4. The van der Waals surface area contributed by atoms with Crippen molar-refractivity contribution in [3.63, 3.8) is 0 Å². The topological polar surface area (TPSA) is 90.5 Å². The zero-order valence-electron chi connectivity index (χ0n) is 17.0. The van der Waals surface area contributed by atoms with Gasteiger partial charge < -0.3 is 15.1 Å². The molecule has 2 aromatic carbocycles. The van der Waals surface area contributed by atoms with Crippen molar-refractivity contribution in [1.29, 1.82) is 0 Å². The van der Waals surface area contributed by atoms with Gasteiger partial charge in [-0.05, 0) is 54.7 Å². The van der Waals surface area contributed by atoms with Crippen molar-refractivity contribution in [3.8, 4) is 0 Å². The number of carbonyl (C=O) groups is 2. The van der Waals surface area contributed by atoms with Gasteiger partial charge in [-0.15, -0.1) is 0 Å². The molecule has 1 fully saturated rings. The highest BCUT2D eigenvalue weighted by Crippen LogP contribution is 2.20. The highest BCUT2D eigenvalue weighted by atomic mass is 32.1. The zero-order valence-corrected chi connectivity index (χ0v) is 18.6. The van der Waals surface area contributed by atoms with E-state index in [1.807, 2.05) is 36.1 Å². The summed E-state index contributed by atoms with van der Waals surface area (Å²) in [5, 5.41) is 5.95. The fourth-order valence-electron chi connectivity index (χ4n) is 3.45. The van der Waals surface area contributed by atoms with Gasteiger partial charge in [-0.25, -0.2) is 0 Å². The van der Waals surface area contributed by atoms with E-state index in [4.69, 9.17) is 12.2 Å². The van der Waals surface area contributed by atoms with Crippen molar-refractivity contribution in [3.05, 3.63) is 48.0 Å². The second kappa shape index (κ2) is 9.36. The second-order valence-electron chi connectivity index (χ2n) is 7.14. The number of thiocarbonyl (C=S) groups is 1. The monoisotopic (exact) mass is 454 g/mol. The van der Waals surface area contributed by atoms with Crippen molar-refractivity contribution in [1.82, 2.24) is 19.0 Å². The van der Waals surface area contributed by atoms with Crippen LogP contribution in [0, 0.1) is 0 Å². The highest BCUT2D eigenvalue weighted by Gasteiger charge is 2.20. The molecule has 0 radical (unpaired) electrons. The van der Waals surface area contributed by atoms with Crippen LogP contribution < -0.4 is 15.5 Å². The molecule has 31 heavy (non-hydrogen) atoms. The van der Waals surface area contributed by atoms with E-state index in [1.54, 1.807) is 18.2 Å². The van der Waals surface area contributed by atoms with Crippen molar-refractivity contribution >= 4 is 63.3 Å². The number of nitrogens with one attached hydrogen (secondary N) is 2. The molecule has 1 aliphatic rings. The SMILES string of the molecule is CCC(=O)N1CCN(c2ccc(NC(=S)NC(=O)c3ccc4nsnc4c3)cc2)CC1. The summed E-state index contributed by atoms with van der Waals surface area (Å²) in [6, 6.07) is 13.0. The Bertz CT molecular complexity index is 1110.